The van der Waals surface area contributed by atoms with E-state index in [1.54, 1.807) is 30.7 Å². The van der Waals surface area contributed by atoms with Gasteiger partial charge in [-0.2, -0.15) is 0 Å². The second-order valence-corrected chi connectivity index (χ2v) is 6.64. The normalized spacial score (nSPS) is 16.9. The maximum absolute atomic E-state index is 10.2. The fraction of sp³-hybridized carbons (Fsp3) is 0.143. The van der Waals surface area contributed by atoms with Gasteiger partial charge in [-0.15, -0.1) is 0 Å². The van der Waals surface area contributed by atoms with E-state index in [9.17, 15) is 5.11 Å². The Morgan fingerprint density at radius 1 is 1.19 bits per heavy atom. The molecule has 0 spiro atoms. The first kappa shape index (κ1) is 17.4. The smallest absolute Gasteiger partial charge is 0.173 e. The van der Waals surface area contributed by atoms with Crippen LogP contribution in [0.2, 0.25) is 5.02 Å². The molecule has 4 rings (SSSR count). The zero-order valence-electron chi connectivity index (χ0n) is 14.5. The number of halogens is 1. The lowest BCUT2D eigenvalue weighted by molar-refractivity contribution is 0.478. The Balaban J connectivity index is 1.83. The van der Waals surface area contributed by atoms with Crippen molar-refractivity contribution in [1.29, 1.82) is 0 Å². The van der Waals surface area contributed by atoms with Gasteiger partial charge in [0.1, 0.15) is 5.75 Å². The average molecular weight is 380 g/mol. The van der Waals surface area contributed by atoms with Gasteiger partial charge in [0.05, 0.1) is 23.3 Å². The summed E-state index contributed by atoms with van der Waals surface area (Å²) in [7, 11) is 0. The molecule has 0 radical (unpaired) electrons. The molecule has 0 unspecified atom stereocenters. The van der Waals surface area contributed by atoms with Gasteiger partial charge in [-0.25, -0.2) is 0 Å². The number of anilines is 2. The number of phenols is 1. The number of aromatic hydroxyl groups is 1. The highest BCUT2D eigenvalue weighted by molar-refractivity contribution is 6.30. The lowest BCUT2D eigenvalue weighted by atomic mass is 10.1. The number of rotatable bonds is 3. The number of hydrogen-bond acceptors (Lipinski definition) is 5. The average Bonchev–Trinajstić information content (AvgIpc) is 3.08. The molecule has 0 saturated carbocycles. The van der Waals surface area contributed by atoms with Gasteiger partial charge in [0, 0.05) is 28.9 Å². The van der Waals surface area contributed by atoms with E-state index in [0.29, 0.717) is 22.1 Å². The third kappa shape index (κ3) is 3.73. The minimum atomic E-state index is 0.0670. The van der Waals surface area contributed by atoms with Crippen molar-refractivity contribution in [2.45, 2.75) is 19.3 Å². The Hall–Kier alpha value is -3.05. The molecule has 136 valence electrons. The van der Waals surface area contributed by atoms with Crippen molar-refractivity contribution in [2.24, 2.45) is 4.99 Å². The van der Waals surface area contributed by atoms with Crippen molar-refractivity contribution in [3.8, 4) is 5.75 Å². The summed E-state index contributed by atoms with van der Waals surface area (Å²) in [5, 5.41) is 14.9. The fourth-order valence-electron chi connectivity index (χ4n) is 3.01. The van der Waals surface area contributed by atoms with E-state index in [-0.39, 0.29) is 5.75 Å². The predicted molar refractivity (Wildman–Crippen MR) is 109 cm³/mol. The number of aromatic nitrogens is 1. The van der Waals surface area contributed by atoms with Gasteiger partial charge in [-0.05, 0) is 43.5 Å². The molecule has 2 aromatic heterocycles. The van der Waals surface area contributed by atoms with Crippen LogP contribution in [0.4, 0.5) is 11.4 Å². The lowest BCUT2D eigenvalue weighted by Crippen LogP contribution is -2.03. The molecule has 6 heteroatoms. The quantitative estimate of drug-likeness (QED) is 0.549. The highest BCUT2D eigenvalue weighted by Crippen LogP contribution is 2.37. The van der Waals surface area contributed by atoms with Gasteiger partial charge < -0.3 is 14.8 Å². The molecule has 0 amide bonds. The van der Waals surface area contributed by atoms with E-state index in [2.05, 4.69) is 21.4 Å². The van der Waals surface area contributed by atoms with E-state index < -0.39 is 0 Å². The van der Waals surface area contributed by atoms with Crippen LogP contribution in [0.3, 0.4) is 0 Å². The molecular weight excluding hydrogens is 362 g/mol. The first-order chi connectivity index (χ1) is 13.2. The molecule has 3 aromatic rings. The number of hydrogen-bond donors (Lipinski definition) is 2. The summed E-state index contributed by atoms with van der Waals surface area (Å²) in [5.74, 6) is 0.719. The topological polar surface area (TPSA) is 70.7 Å². The largest absolute Gasteiger partial charge is 0.506 e. The number of furan rings is 1. The van der Waals surface area contributed by atoms with E-state index >= 15 is 0 Å². The van der Waals surface area contributed by atoms with Gasteiger partial charge in [-0.3, -0.25) is 9.98 Å². The first-order valence-corrected chi connectivity index (χ1v) is 9.11. The van der Waals surface area contributed by atoms with E-state index in [1.807, 2.05) is 18.2 Å². The van der Waals surface area contributed by atoms with Crippen molar-refractivity contribution in [2.75, 3.05) is 5.32 Å². The Morgan fingerprint density at radius 3 is 3.00 bits per heavy atom. The highest BCUT2D eigenvalue weighted by atomic mass is 35.5. The number of pyridine rings is 1. The zero-order chi connectivity index (χ0) is 18.6. The van der Waals surface area contributed by atoms with Crippen molar-refractivity contribution < 1.29 is 9.52 Å². The third-order valence-corrected chi connectivity index (χ3v) is 4.56. The zero-order valence-corrected chi connectivity index (χ0v) is 15.3. The van der Waals surface area contributed by atoms with Crippen LogP contribution in [0.25, 0.3) is 11.0 Å². The van der Waals surface area contributed by atoms with Crippen molar-refractivity contribution in [1.82, 2.24) is 4.98 Å². The van der Waals surface area contributed by atoms with Crippen LogP contribution in [0, 0.1) is 0 Å². The summed E-state index contributed by atoms with van der Waals surface area (Å²) in [6, 6.07) is 6.83. The predicted octanol–water partition coefficient (Wildman–Crippen LogP) is 5.97. The number of fused-ring (bicyclic) bond motifs is 1. The standard InChI is InChI=1S/C21H18ClN3O2/c22-14-7-8-16(18(26)12-14)25-20-15-9-11-23-13-19(15)27-21(20)17-6-4-2-1-3-5-10-24-17/h1,3,5,7-13,25-26H,2,4,6H2/b3-1-,10-5-,24-17?. The molecule has 0 atom stereocenters. The Morgan fingerprint density at radius 2 is 2.11 bits per heavy atom. The maximum atomic E-state index is 10.2. The van der Waals surface area contributed by atoms with Crippen molar-refractivity contribution >= 4 is 39.7 Å². The molecule has 1 aliphatic rings. The summed E-state index contributed by atoms with van der Waals surface area (Å²) in [4.78, 5) is 8.74. The lowest BCUT2D eigenvalue weighted by Gasteiger charge is -2.10. The van der Waals surface area contributed by atoms with Crippen LogP contribution in [0.1, 0.15) is 25.0 Å². The number of aliphatic imine (C=N–C) groups is 1. The molecule has 1 aliphatic heterocycles. The first-order valence-electron chi connectivity index (χ1n) is 8.73. The van der Waals surface area contributed by atoms with Crippen molar-refractivity contribution in [3.05, 3.63) is 71.9 Å². The molecule has 0 fully saturated rings. The Labute approximate surface area is 161 Å². The number of nitrogens with one attached hydrogen (secondary N) is 1. The number of nitrogens with zero attached hydrogens (tertiary/aromatic N) is 2. The SMILES string of the molecule is Oc1cc(Cl)ccc1Nc1c(C2=N/C=C\C=C/CCC2)oc2cnccc12. The summed E-state index contributed by atoms with van der Waals surface area (Å²) >= 11 is 5.95. The van der Waals surface area contributed by atoms with Crippen LogP contribution >= 0.6 is 11.6 Å². The molecule has 2 N–H and O–H groups in total. The molecule has 5 nitrogen and oxygen atoms in total. The van der Waals surface area contributed by atoms with Gasteiger partial charge in [0.2, 0.25) is 0 Å². The molecule has 3 heterocycles. The molecule has 1 aromatic carbocycles. The summed E-state index contributed by atoms with van der Waals surface area (Å²) in [6.07, 6.45) is 13.9. The van der Waals surface area contributed by atoms with Gasteiger partial charge in [0.15, 0.2) is 11.3 Å². The summed E-state index contributed by atoms with van der Waals surface area (Å²) in [6.45, 7) is 0. The van der Waals surface area contributed by atoms with Crippen LogP contribution < -0.4 is 5.32 Å². The van der Waals surface area contributed by atoms with E-state index in [0.717, 1.165) is 36.0 Å². The minimum absolute atomic E-state index is 0.0670. The monoisotopic (exact) mass is 379 g/mol. The molecule has 0 aliphatic carbocycles. The number of benzene rings is 1. The molecular formula is C21H18ClN3O2. The molecule has 0 bridgehead atoms. The Kier molecular flexibility index (Phi) is 4.94. The number of phenolic OH excluding ortho intramolecular Hbond substituents is 1. The highest BCUT2D eigenvalue weighted by Gasteiger charge is 2.20. The molecule has 0 saturated heterocycles. The van der Waals surface area contributed by atoms with Crippen LogP contribution in [0.5, 0.6) is 5.75 Å². The summed E-state index contributed by atoms with van der Waals surface area (Å²) in [5.41, 5.74) is 2.81. The Bertz CT molecular complexity index is 1070. The third-order valence-electron chi connectivity index (χ3n) is 4.32. The maximum Gasteiger partial charge on any atom is 0.173 e. The van der Waals surface area contributed by atoms with Crippen LogP contribution in [-0.2, 0) is 0 Å². The van der Waals surface area contributed by atoms with Gasteiger partial charge in [-0.1, -0.05) is 23.8 Å². The van der Waals surface area contributed by atoms with E-state index in [1.165, 1.54) is 6.07 Å². The fourth-order valence-corrected chi connectivity index (χ4v) is 3.17. The second-order valence-electron chi connectivity index (χ2n) is 6.20. The minimum Gasteiger partial charge on any atom is -0.506 e. The van der Waals surface area contributed by atoms with Crippen LogP contribution in [0.15, 0.2) is 70.5 Å². The van der Waals surface area contributed by atoms with Crippen molar-refractivity contribution in [3.63, 3.8) is 0 Å². The number of allylic oxidation sites excluding steroid dienone is 3. The second kappa shape index (κ2) is 7.68. The van der Waals surface area contributed by atoms with Gasteiger partial charge in [0.25, 0.3) is 0 Å². The van der Waals surface area contributed by atoms with E-state index in [4.69, 9.17) is 16.0 Å². The van der Waals surface area contributed by atoms with Crippen LogP contribution in [-0.4, -0.2) is 15.8 Å². The van der Waals surface area contributed by atoms with Gasteiger partial charge >= 0.3 is 0 Å². The molecule has 27 heavy (non-hydrogen) atoms. The summed E-state index contributed by atoms with van der Waals surface area (Å²) < 4.78 is 6.09.